The van der Waals surface area contributed by atoms with Crippen LogP contribution in [0.2, 0.25) is 0 Å². The van der Waals surface area contributed by atoms with Crippen molar-refractivity contribution in [3.8, 4) is 17.5 Å². The number of alkyl halides is 6. The summed E-state index contributed by atoms with van der Waals surface area (Å²) in [7, 11) is 0. The lowest BCUT2D eigenvalue weighted by atomic mass is 9.85. The van der Waals surface area contributed by atoms with E-state index in [-0.39, 0.29) is 23.5 Å². The monoisotopic (exact) mass is 449 g/mol. The normalized spacial score (nSPS) is 12.5. The Labute approximate surface area is 172 Å². The first kappa shape index (κ1) is 24.0. The quantitative estimate of drug-likeness (QED) is 0.625. The zero-order valence-electron chi connectivity index (χ0n) is 16.5. The minimum Gasteiger partial charge on any atom is -0.476 e. The largest absolute Gasteiger partial charge is 0.573 e. The molecule has 0 spiro atoms. The maximum atomic E-state index is 13.2. The summed E-state index contributed by atoms with van der Waals surface area (Å²) in [5, 5.41) is 18.6. The molecule has 0 saturated carbocycles. The number of halogens is 6. The van der Waals surface area contributed by atoms with Crippen LogP contribution < -0.4 is 4.74 Å². The van der Waals surface area contributed by atoms with Crippen molar-refractivity contribution in [2.24, 2.45) is 5.41 Å². The number of aromatic carboxylic acids is 1. The van der Waals surface area contributed by atoms with Crippen LogP contribution in [0, 0.1) is 16.7 Å². The number of ether oxygens (including phenoxy) is 1. The van der Waals surface area contributed by atoms with Crippen molar-refractivity contribution in [2.45, 2.75) is 46.2 Å². The number of aromatic nitrogens is 2. The van der Waals surface area contributed by atoms with Gasteiger partial charge in [0.05, 0.1) is 11.1 Å². The molecule has 0 aliphatic rings. The lowest BCUT2D eigenvalue weighted by Crippen LogP contribution is -2.34. The van der Waals surface area contributed by atoms with Gasteiger partial charge in [-0.25, -0.2) is 9.78 Å². The number of benzene rings is 1. The Kier molecular flexibility index (Phi) is 6.30. The molecule has 0 bridgehead atoms. The Morgan fingerprint density at radius 3 is 2.29 bits per heavy atom. The lowest BCUT2D eigenvalue weighted by molar-refractivity contribution is -0.274. The van der Waals surface area contributed by atoms with Crippen LogP contribution in [0.25, 0.3) is 5.69 Å². The van der Waals surface area contributed by atoms with Crippen molar-refractivity contribution in [3.05, 3.63) is 41.0 Å². The van der Waals surface area contributed by atoms with E-state index in [1.165, 1.54) is 6.92 Å². The molecule has 0 amide bonds. The van der Waals surface area contributed by atoms with Gasteiger partial charge in [0, 0.05) is 6.42 Å². The van der Waals surface area contributed by atoms with Crippen LogP contribution >= 0.6 is 0 Å². The van der Waals surface area contributed by atoms with Gasteiger partial charge >= 0.3 is 18.5 Å². The zero-order valence-corrected chi connectivity index (χ0v) is 16.5. The fraction of sp³-hybridized carbons (Fsp3) is 0.421. The standard InChI is InChI=1S/C19H17F6N3O3/c1-4-14-27-15(16(29)30)12(9-26)28(14)11-6-5-10(7-13(11)31-19(23,24)25)8-17(2,3)18(20,21)22/h5-7H,4,8H2,1-3H3,(H,29,30). The van der Waals surface area contributed by atoms with Crippen LogP contribution in [-0.2, 0) is 12.8 Å². The molecule has 168 valence electrons. The van der Waals surface area contributed by atoms with Crippen molar-refractivity contribution in [2.75, 3.05) is 0 Å². The highest BCUT2D eigenvalue weighted by molar-refractivity contribution is 5.88. The van der Waals surface area contributed by atoms with E-state index in [4.69, 9.17) is 0 Å². The summed E-state index contributed by atoms with van der Waals surface area (Å²) in [5.74, 6) is -2.49. The average molecular weight is 449 g/mol. The van der Waals surface area contributed by atoms with Crippen LogP contribution in [-0.4, -0.2) is 33.2 Å². The maximum absolute atomic E-state index is 13.2. The number of nitriles is 1. The highest BCUT2D eigenvalue weighted by Crippen LogP contribution is 2.41. The Morgan fingerprint density at radius 2 is 1.84 bits per heavy atom. The molecule has 6 nitrogen and oxygen atoms in total. The first-order valence-corrected chi connectivity index (χ1v) is 8.82. The van der Waals surface area contributed by atoms with Gasteiger partial charge in [-0.3, -0.25) is 4.57 Å². The number of carboxylic acids is 1. The van der Waals surface area contributed by atoms with Crippen molar-refractivity contribution in [3.63, 3.8) is 0 Å². The fourth-order valence-electron chi connectivity index (χ4n) is 2.89. The van der Waals surface area contributed by atoms with Crippen LogP contribution in [0.5, 0.6) is 5.75 Å². The third-order valence-electron chi connectivity index (χ3n) is 4.48. The Balaban J connectivity index is 2.72. The number of carbonyl (C=O) groups is 1. The summed E-state index contributed by atoms with van der Waals surface area (Å²) < 4.78 is 83.5. The second kappa shape index (κ2) is 8.13. The molecule has 2 aromatic rings. The zero-order chi connectivity index (χ0) is 23.8. The number of nitrogens with zero attached hydrogens (tertiary/aromatic N) is 3. The van der Waals surface area contributed by atoms with Crippen molar-refractivity contribution < 1.29 is 41.0 Å². The average Bonchev–Trinajstić information content (AvgIpc) is 2.98. The first-order chi connectivity index (χ1) is 14.1. The SMILES string of the molecule is CCc1nc(C(=O)O)c(C#N)n1-c1ccc(CC(C)(C)C(F)(F)F)cc1OC(F)(F)F. The third-order valence-corrected chi connectivity index (χ3v) is 4.48. The number of imidazole rings is 1. The predicted molar refractivity (Wildman–Crippen MR) is 94.8 cm³/mol. The van der Waals surface area contributed by atoms with Gasteiger partial charge in [0.2, 0.25) is 0 Å². The molecule has 0 unspecified atom stereocenters. The summed E-state index contributed by atoms with van der Waals surface area (Å²) in [6.07, 6.45) is -10.4. The van der Waals surface area contributed by atoms with Gasteiger partial charge in [0.25, 0.3) is 0 Å². The second-order valence-electron chi connectivity index (χ2n) is 7.24. The van der Waals surface area contributed by atoms with Gasteiger partial charge in [-0.05, 0) is 24.1 Å². The molecule has 0 atom stereocenters. The molecule has 12 heteroatoms. The molecule has 0 aliphatic heterocycles. The molecular formula is C19H17F6N3O3. The van der Waals surface area contributed by atoms with E-state index in [2.05, 4.69) is 9.72 Å². The number of carboxylic acid groups (broad SMARTS) is 1. The minimum absolute atomic E-state index is 0.0376. The number of hydrogen-bond donors (Lipinski definition) is 1. The Hall–Kier alpha value is -3.23. The van der Waals surface area contributed by atoms with Crippen molar-refractivity contribution in [1.29, 1.82) is 5.26 Å². The summed E-state index contributed by atoms with van der Waals surface area (Å²) >= 11 is 0. The van der Waals surface area contributed by atoms with Gasteiger partial charge in [-0.2, -0.15) is 18.4 Å². The molecule has 1 heterocycles. The van der Waals surface area contributed by atoms with E-state index < -0.39 is 47.5 Å². The number of aryl methyl sites for hydroxylation is 1. The highest BCUT2D eigenvalue weighted by atomic mass is 19.4. The molecule has 31 heavy (non-hydrogen) atoms. The molecule has 1 aromatic heterocycles. The van der Waals surface area contributed by atoms with Gasteiger partial charge < -0.3 is 9.84 Å². The molecule has 0 saturated heterocycles. The van der Waals surface area contributed by atoms with Crippen molar-refractivity contribution >= 4 is 5.97 Å². The van der Waals surface area contributed by atoms with Crippen molar-refractivity contribution in [1.82, 2.24) is 9.55 Å². The molecule has 2 rings (SSSR count). The second-order valence-corrected chi connectivity index (χ2v) is 7.24. The third kappa shape index (κ3) is 5.10. The van der Waals surface area contributed by atoms with E-state index in [0.29, 0.717) is 0 Å². The fourth-order valence-corrected chi connectivity index (χ4v) is 2.89. The summed E-state index contributed by atoms with van der Waals surface area (Å²) in [4.78, 5) is 15.1. The van der Waals surface area contributed by atoms with E-state index in [0.717, 1.165) is 36.6 Å². The van der Waals surface area contributed by atoms with Crippen LogP contribution in [0.4, 0.5) is 26.3 Å². The number of rotatable bonds is 6. The molecule has 1 aromatic carbocycles. The van der Waals surface area contributed by atoms with Gasteiger partial charge in [-0.1, -0.05) is 26.8 Å². The Morgan fingerprint density at radius 1 is 1.23 bits per heavy atom. The molecule has 0 fully saturated rings. The lowest BCUT2D eigenvalue weighted by Gasteiger charge is -2.28. The topological polar surface area (TPSA) is 88.1 Å². The highest BCUT2D eigenvalue weighted by Gasteiger charge is 2.47. The van der Waals surface area contributed by atoms with E-state index >= 15 is 0 Å². The van der Waals surface area contributed by atoms with E-state index in [1.54, 1.807) is 6.07 Å². The number of hydrogen-bond acceptors (Lipinski definition) is 4. The Bertz CT molecular complexity index is 1030. The molecule has 0 aliphatic carbocycles. The molecule has 1 N–H and O–H groups in total. The van der Waals surface area contributed by atoms with E-state index in [9.17, 15) is 41.5 Å². The van der Waals surface area contributed by atoms with E-state index in [1.807, 2.05) is 0 Å². The van der Waals surface area contributed by atoms with Gasteiger partial charge in [0.1, 0.15) is 11.9 Å². The first-order valence-electron chi connectivity index (χ1n) is 8.82. The van der Waals surface area contributed by atoms with Crippen LogP contribution in [0.3, 0.4) is 0 Å². The van der Waals surface area contributed by atoms with Gasteiger partial charge in [0.15, 0.2) is 17.1 Å². The van der Waals surface area contributed by atoms with Crippen LogP contribution in [0.1, 0.15) is 48.3 Å². The van der Waals surface area contributed by atoms with Gasteiger partial charge in [-0.15, -0.1) is 13.2 Å². The smallest absolute Gasteiger partial charge is 0.476 e. The summed E-state index contributed by atoms with van der Waals surface area (Å²) in [6, 6.07) is 4.58. The van der Waals surface area contributed by atoms with Crippen LogP contribution in [0.15, 0.2) is 18.2 Å². The molecular weight excluding hydrogens is 432 g/mol. The summed E-state index contributed by atoms with van der Waals surface area (Å²) in [6.45, 7) is 3.35. The maximum Gasteiger partial charge on any atom is 0.573 e. The predicted octanol–water partition coefficient (Wildman–Crippen LogP) is 5.03. The minimum atomic E-state index is -5.19. The summed E-state index contributed by atoms with van der Waals surface area (Å²) in [5.41, 5.74) is -3.92. The molecule has 0 radical (unpaired) electrons.